The highest BCUT2D eigenvalue weighted by Gasteiger charge is 2.12. The maximum Gasteiger partial charge on any atom is 0.310 e. The van der Waals surface area contributed by atoms with Crippen molar-refractivity contribution in [2.45, 2.75) is 18.7 Å². The number of carbonyl (C=O) groups excluding carboxylic acids is 1. The van der Waals surface area contributed by atoms with Gasteiger partial charge in [-0.25, -0.2) is 4.39 Å². The SMILES string of the molecule is CCOC(=O)Cc1cc(CBr)cc(F)c1Cl. The van der Waals surface area contributed by atoms with Crippen molar-refractivity contribution in [1.82, 2.24) is 0 Å². The summed E-state index contributed by atoms with van der Waals surface area (Å²) in [6.45, 7) is 2.02. The van der Waals surface area contributed by atoms with E-state index in [1.165, 1.54) is 6.07 Å². The average Bonchev–Trinajstić information content (AvgIpc) is 2.24. The van der Waals surface area contributed by atoms with Gasteiger partial charge in [-0.3, -0.25) is 4.79 Å². The van der Waals surface area contributed by atoms with E-state index in [9.17, 15) is 9.18 Å². The van der Waals surface area contributed by atoms with Crippen molar-refractivity contribution >= 4 is 33.5 Å². The van der Waals surface area contributed by atoms with E-state index in [0.717, 1.165) is 5.56 Å². The zero-order valence-corrected chi connectivity index (χ0v) is 11.1. The van der Waals surface area contributed by atoms with Gasteiger partial charge in [-0.1, -0.05) is 33.6 Å². The lowest BCUT2D eigenvalue weighted by Gasteiger charge is -2.07. The normalized spacial score (nSPS) is 10.2. The molecule has 0 amide bonds. The molecule has 0 aliphatic carbocycles. The van der Waals surface area contributed by atoms with E-state index in [1.54, 1.807) is 13.0 Å². The zero-order chi connectivity index (χ0) is 12.1. The third kappa shape index (κ3) is 3.46. The molecule has 1 aromatic rings. The molecule has 1 rings (SSSR count). The first-order valence-corrected chi connectivity index (χ1v) is 6.26. The Kier molecular flexibility index (Phi) is 5.22. The van der Waals surface area contributed by atoms with E-state index in [4.69, 9.17) is 16.3 Å². The Morgan fingerprint density at radius 2 is 2.25 bits per heavy atom. The molecule has 0 N–H and O–H groups in total. The van der Waals surface area contributed by atoms with Crippen molar-refractivity contribution in [2.24, 2.45) is 0 Å². The van der Waals surface area contributed by atoms with Crippen LogP contribution < -0.4 is 0 Å². The third-order valence-electron chi connectivity index (χ3n) is 1.96. The van der Waals surface area contributed by atoms with Gasteiger partial charge in [0.2, 0.25) is 0 Å². The molecule has 0 aliphatic heterocycles. The van der Waals surface area contributed by atoms with Crippen LogP contribution >= 0.6 is 27.5 Å². The topological polar surface area (TPSA) is 26.3 Å². The van der Waals surface area contributed by atoms with E-state index < -0.39 is 11.8 Å². The first kappa shape index (κ1) is 13.5. The fourth-order valence-corrected chi connectivity index (χ4v) is 1.78. The van der Waals surface area contributed by atoms with Crippen LogP contribution in [0.2, 0.25) is 5.02 Å². The van der Waals surface area contributed by atoms with Gasteiger partial charge in [0.25, 0.3) is 0 Å². The summed E-state index contributed by atoms with van der Waals surface area (Å²) in [6.07, 6.45) is -0.00949. The Labute approximate surface area is 107 Å². The van der Waals surface area contributed by atoms with Gasteiger partial charge in [0.1, 0.15) is 5.82 Å². The van der Waals surface area contributed by atoms with Crippen LogP contribution in [0, 0.1) is 5.82 Å². The summed E-state index contributed by atoms with van der Waals surface area (Å²) in [6, 6.07) is 3.03. The number of carbonyl (C=O) groups is 1. The molecule has 0 radical (unpaired) electrons. The number of hydrogen-bond acceptors (Lipinski definition) is 2. The van der Waals surface area contributed by atoms with Gasteiger partial charge >= 0.3 is 5.97 Å². The molecule has 0 saturated heterocycles. The molecule has 0 saturated carbocycles. The molecular weight excluding hydrogens is 298 g/mol. The summed E-state index contributed by atoms with van der Waals surface area (Å²) in [5.74, 6) is -0.923. The lowest BCUT2D eigenvalue weighted by atomic mass is 10.1. The Morgan fingerprint density at radius 3 is 2.81 bits per heavy atom. The monoisotopic (exact) mass is 308 g/mol. The molecule has 5 heteroatoms. The van der Waals surface area contributed by atoms with Crippen LogP contribution in [0.15, 0.2) is 12.1 Å². The van der Waals surface area contributed by atoms with Gasteiger partial charge in [-0.15, -0.1) is 0 Å². The summed E-state index contributed by atoms with van der Waals surface area (Å²) in [4.78, 5) is 11.3. The smallest absolute Gasteiger partial charge is 0.310 e. The highest BCUT2D eigenvalue weighted by Crippen LogP contribution is 2.24. The number of benzene rings is 1. The van der Waals surface area contributed by atoms with Crippen LogP contribution in [0.4, 0.5) is 4.39 Å². The molecule has 0 aromatic heterocycles. The van der Waals surface area contributed by atoms with E-state index in [2.05, 4.69) is 15.9 Å². The van der Waals surface area contributed by atoms with E-state index in [0.29, 0.717) is 17.5 Å². The van der Waals surface area contributed by atoms with Gasteiger partial charge in [0.05, 0.1) is 18.1 Å². The number of ether oxygens (including phenoxy) is 1. The maximum atomic E-state index is 13.4. The number of rotatable bonds is 4. The highest BCUT2D eigenvalue weighted by atomic mass is 79.9. The van der Waals surface area contributed by atoms with Crippen LogP contribution in [-0.4, -0.2) is 12.6 Å². The van der Waals surface area contributed by atoms with Gasteiger partial charge in [0, 0.05) is 5.33 Å². The van der Waals surface area contributed by atoms with Crippen molar-refractivity contribution in [3.8, 4) is 0 Å². The zero-order valence-electron chi connectivity index (χ0n) is 8.73. The van der Waals surface area contributed by atoms with Crippen molar-refractivity contribution in [1.29, 1.82) is 0 Å². The molecule has 0 spiro atoms. The molecule has 88 valence electrons. The van der Waals surface area contributed by atoms with Crippen molar-refractivity contribution in [3.05, 3.63) is 34.1 Å². The lowest BCUT2D eigenvalue weighted by molar-refractivity contribution is -0.142. The largest absolute Gasteiger partial charge is 0.466 e. The Morgan fingerprint density at radius 1 is 1.56 bits per heavy atom. The minimum atomic E-state index is -0.516. The summed E-state index contributed by atoms with van der Waals surface area (Å²) < 4.78 is 18.1. The molecule has 0 heterocycles. The van der Waals surface area contributed by atoms with Crippen LogP contribution in [-0.2, 0) is 21.3 Å². The van der Waals surface area contributed by atoms with Crippen molar-refractivity contribution in [3.63, 3.8) is 0 Å². The van der Waals surface area contributed by atoms with Crippen LogP contribution in [0.1, 0.15) is 18.1 Å². The summed E-state index contributed by atoms with van der Waals surface area (Å²) in [5, 5.41) is 0.495. The number of alkyl halides is 1. The fraction of sp³-hybridized carbons (Fsp3) is 0.364. The Hall–Kier alpha value is -0.610. The number of halogens is 3. The summed E-state index contributed by atoms with van der Waals surface area (Å²) in [5.41, 5.74) is 1.19. The molecule has 0 bridgehead atoms. The average molecular weight is 310 g/mol. The van der Waals surface area contributed by atoms with Crippen molar-refractivity contribution < 1.29 is 13.9 Å². The second-order valence-electron chi connectivity index (χ2n) is 3.17. The van der Waals surface area contributed by atoms with Crippen molar-refractivity contribution in [2.75, 3.05) is 6.61 Å². The molecule has 0 aliphatic rings. The van der Waals surface area contributed by atoms with Crippen LogP contribution in [0.3, 0.4) is 0 Å². The fourth-order valence-electron chi connectivity index (χ4n) is 1.28. The van der Waals surface area contributed by atoms with E-state index in [-0.39, 0.29) is 11.4 Å². The maximum absolute atomic E-state index is 13.4. The van der Waals surface area contributed by atoms with Gasteiger partial charge in [-0.2, -0.15) is 0 Å². The minimum Gasteiger partial charge on any atom is -0.466 e. The molecule has 0 unspecified atom stereocenters. The molecule has 0 atom stereocenters. The summed E-state index contributed by atoms with van der Waals surface area (Å²) in [7, 11) is 0. The Bertz CT molecular complexity index is 396. The van der Waals surface area contributed by atoms with Gasteiger partial charge < -0.3 is 4.74 Å². The number of hydrogen-bond donors (Lipinski definition) is 0. The quantitative estimate of drug-likeness (QED) is 0.629. The predicted molar refractivity (Wildman–Crippen MR) is 64.4 cm³/mol. The highest BCUT2D eigenvalue weighted by molar-refractivity contribution is 9.08. The second-order valence-corrected chi connectivity index (χ2v) is 4.10. The molecular formula is C11H11BrClFO2. The van der Waals surface area contributed by atoms with Crippen LogP contribution in [0.5, 0.6) is 0 Å². The van der Waals surface area contributed by atoms with Gasteiger partial charge in [0.15, 0.2) is 0 Å². The molecule has 16 heavy (non-hydrogen) atoms. The van der Waals surface area contributed by atoms with E-state index >= 15 is 0 Å². The minimum absolute atomic E-state index is 0.00949. The Balaban J connectivity index is 2.94. The second kappa shape index (κ2) is 6.21. The summed E-state index contributed by atoms with van der Waals surface area (Å²) >= 11 is 8.99. The first-order valence-electron chi connectivity index (χ1n) is 4.76. The first-order chi connectivity index (χ1) is 7.58. The molecule has 0 fully saturated rings. The predicted octanol–water partition coefficient (Wildman–Crippen LogP) is 3.48. The number of esters is 1. The molecule has 2 nitrogen and oxygen atoms in total. The molecule has 1 aromatic carbocycles. The van der Waals surface area contributed by atoms with Crippen LogP contribution in [0.25, 0.3) is 0 Å². The standard InChI is InChI=1S/C11H11BrClFO2/c1-2-16-10(15)5-8-3-7(6-12)4-9(14)11(8)13/h3-4H,2,5-6H2,1H3. The lowest BCUT2D eigenvalue weighted by Crippen LogP contribution is -2.08. The third-order valence-corrected chi connectivity index (χ3v) is 3.03. The van der Waals surface area contributed by atoms with E-state index in [1.807, 2.05) is 0 Å². The van der Waals surface area contributed by atoms with Gasteiger partial charge in [-0.05, 0) is 24.1 Å².